The van der Waals surface area contributed by atoms with Crippen LogP contribution in [0.5, 0.6) is 0 Å². The number of ether oxygens (including phenoxy) is 1. The zero-order valence-electron chi connectivity index (χ0n) is 14.8. The molecule has 6 nitrogen and oxygen atoms in total. The molecule has 138 valence electrons. The number of allylic oxidation sites excluding steroid dienone is 2. The molecule has 4 rings (SSSR count). The Labute approximate surface area is 156 Å². The first kappa shape index (κ1) is 17.3. The van der Waals surface area contributed by atoms with Crippen LogP contribution in [0.2, 0.25) is 0 Å². The Hall–Kier alpha value is -3.15. The number of fused-ring (bicyclic) bond motifs is 1. The maximum absolute atomic E-state index is 13.0. The molecule has 0 aliphatic heterocycles. The summed E-state index contributed by atoms with van der Waals surface area (Å²) in [6.45, 7) is 0.197. The van der Waals surface area contributed by atoms with Crippen LogP contribution in [0.4, 0.5) is 0 Å². The van der Waals surface area contributed by atoms with Crippen molar-refractivity contribution in [3.63, 3.8) is 0 Å². The average Bonchev–Trinajstić information content (AvgIpc) is 3.22. The Morgan fingerprint density at radius 3 is 2.89 bits per heavy atom. The lowest BCUT2D eigenvalue weighted by atomic mass is 9.95. The minimum atomic E-state index is -0.244. The Morgan fingerprint density at radius 2 is 2.11 bits per heavy atom. The molecule has 1 aromatic carbocycles. The Balaban J connectivity index is 1.64. The van der Waals surface area contributed by atoms with Gasteiger partial charge in [0.05, 0.1) is 29.6 Å². The van der Waals surface area contributed by atoms with Crippen molar-refractivity contribution in [2.45, 2.75) is 32.4 Å². The third-order valence-electron chi connectivity index (χ3n) is 4.78. The third-order valence-corrected chi connectivity index (χ3v) is 4.78. The topological polar surface area (TPSA) is 74.3 Å². The Morgan fingerprint density at radius 1 is 1.22 bits per heavy atom. The van der Waals surface area contributed by atoms with E-state index in [0.717, 1.165) is 12.8 Å². The summed E-state index contributed by atoms with van der Waals surface area (Å²) in [5.74, 6) is 0.681. The molecule has 27 heavy (non-hydrogen) atoms. The predicted octanol–water partition coefficient (Wildman–Crippen LogP) is 3.44. The monoisotopic (exact) mass is 364 g/mol. The van der Waals surface area contributed by atoms with Crippen molar-refractivity contribution in [3.05, 3.63) is 76.8 Å². The second kappa shape index (κ2) is 7.61. The Kier molecular flexibility index (Phi) is 4.87. The molecule has 0 fully saturated rings. The molecule has 0 N–H and O–H groups in total. The van der Waals surface area contributed by atoms with Gasteiger partial charge in [0, 0.05) is 0 Å². The van der Waals surface area contributed by atoms with Crippen LogP contribution >= 0.6 is 0 Å². The van der Waals surface area contributed by atoms with Gasteiger partial charge in [0.25, 0.3) is 5.56 Å². The maximum Gasteiger partial charge on any atom is 0.309 e. The average molecular weight is 364 g/mol. The van der Waals surface area contributed by atoms with Crippen LogP contribution in [0.25, 0.3) is 10.9 Å². The largest absolute Gasteiger partial charge is 0.467 e. The molecule has 0 spiro atoms. The molecule has 0 saturated heterocycles. The van der Waals surface area contributed by atoms with Gasteiger partial charge in [-0.05, 0) is 43.5 Å². The number of hydrogen-bond donors (Lipinski definition) is 0. The summed E-state index contributed by atoms with van der Waals surface area (Å²) >= 11 is 0. The zero-order valence-corrected chi connectivity index (χ0v) is 14.8. The van der Waals surface area contributed by atoms with Crippen LogP contribution in [0.1, 0.15) is 30.8 Å². The molecule has 1 atom stereocenters. The number of aromatic nitrogens is 2. The lowest BCUT2D eigenvalue weighted by Gasteiger charge is -2.17. The molecule has 1 aliphatic carbocycles. The van der Waals surface area contributed by atoms with Gasteiger partial charge in [-0.2, -0.15) is 0 Å². The van der Waals surface area contributed by atoms with Gasteiger partial charge in [0.2, 0.25) is 0 Å². The van der Waals surface area contributed by atoms with Crippen molar-refractivity contribution in [1.82, 2.24) is 9.55 Å². The summed E-state index contributed by atoms with van der Waals surface area (Å²) in [7, 11) is 0. The second-order valence-electron chi connectivity index (χ2n) is 6.60. The molecule has 2 aromatic heterocycles. The summed E-state index contributed by atoms with van der Waals surface area (Å²) in [5, 5.41) is 0.525. The van der Waals surface area contributed by atoms with Crippen molar-refractivity contribution in [2.75, 3.05) is 0 Å². The molecule has 2 heterocycles. The fourth-order valence-corrected chi connectivity index (χ4v) is 3.31. The molecule has 1 aliphatic rings. The highest BCUT2D eigenvalue weighted by atomic mass is 16.5. The van der Waals surface area contributed by atoms with Crippen LogP contribution in [0, 0.1) is 5.92 Å². The first-order valence-electron chi connectivity index (χ1n) is 9.05. The molecule has 0 unspecified atom stereocenters. The minimum Gasteiger partial charge on any atom is -0.467 e. The maximum atomic E-state index is 13.0. The van der Waals surface area contributed by atoms with E-state index in [0.29, 0.717) is 28.9 Å². The van der Waals surface area contributed by atoms with E-state index >= 15 is 0 Å². The summed E-state index contributed by atoms with van der Waals surface area (Å²) in [5.41, 5.74) is 0.411. The highest BCUT2D eigenvalue weighted by molar-refractivity contribution is 5.77. The summed E-state index contributed by atoms with van der Waals surface area (Å²) in [4.78, 5) is 29.9. The minimum absolute atomic E-state index is 0.0418. The summed E-state index contributed by atoms with van der Waals surface area (Å²) < 4.78 is 12.4. The van der Waals surface area contributed by atoms with Crippen LogP contribution in [-0.2, 0) is 22.7 Å². The molecule has 0 saturated carbocycles. The first-order chi connectivity index (χ1) is 13.2. The van der Waals surface area contributed by atoms with Gasteiger partial charge < -0.3 is 9.15 Å². The van der Waals surface area contributed by atoms with Gasteiger partial charge in [-0.3, -0.25) is 14.2 Å². The van der Waals surface area contributed by atoms with E-state index < -0.39 is 0 Å². The van der Waals surface area contributed by atoms with Gasteiger partial charge in [0.1, 0.15) is 12.4 Å². The number of para-hydroxylation sites is 1. The zero-order chi connectivity index (χ0) is 18.6. The van der Waals surface area contributed by atoms with E-state index in [-0.39, 0.29) is 30.6 Å². The van der Waals surface area contributed by atoms with E-state index in [1.54, 1.807) is 36.6 Å². The quantitative estimate of drug-likeness (QED) is 0.512. The van der Waals surface area contributed by atoms with Crippen LogP contribution < -0.4 is 5.56 Å². The molecular weight excluding hydrogens is 344 g/mol. The van der Waals surface area contributed by atoms with Crippen molar-refractivity contribution < 1.29 is 13.9 Å². The molecule has 6 heteroatoms. The molecule has 0 amide bonds. The van der Waals surface area contributed by atoms with Crippen LogP contribution in [0.15, 0.2) is 64.0 Å². The van der Waals surface area contributed by atoms with Crippen molar-refractivity contribution in [2.24, 2.45) is 5.92 Å². The second-order valence-corrected chi connectivity index (χ2v) is 6.60. The third kappa shape index (κ3) is 3.69. The summed E-state index contributed by atoms with van der Waals surface area (Å²) in [6.07, 6.45) is 8.03. The lowest BCUT2D eigenvalue weighted by molar-refractivity contribution is -0.150. The van der Waals surface area contributed by atoms with E-state index in [2.05, 4.69) is 11.1 Å². The van der Waals surface area contributed by atoms with Crippen LogP contribution in [-0.4, -0.2) is 15.5 Å². The fourth-order valence-electron chi connectivity index (χ4n) is 3.31. The van der Waals surface area contributed by atoms with E-state index in [1.165, 1.54) is 4.57 Å². The van der Waals surface area contributed by atoms with Crippen molar-refractivity contribution >= 4 is 16.9 Å². The number of carbonyl (C=O) groups excluding carboxylic acids is 1. The van der Waals surface area contributed by atoms with E-state index in [4.69, 9.17) is 9.15 Å². The first-order valence-corrected chi connectivity index (χ1v) is 9.05. The number of furan rings is 1. The van der Waals surface area contributed by atoms with Gasteiger partial charge in [-0.15, -0.1) is 0 Å². The molecule has 3 aromatic rings. The van der Waals surface area contributed by atoms with Gasteiger partial charge in [0.15, 0.2) is 5.82 Å². The highest BCUT2D eigenvalue weighted by Crippen LogP contribution is 2.20. The molecular formula is C21H20N2O4. The van der Waals surface area contributed by atoms with Gasteiger partial charge in [-0.1, -0.05) is 24.3 Å². The SMILES string of the molecule is O=C(OCc1nc2ccccc2c(=O)n1Cc1ccco1)[C@@H]1CC=CCC1. The van der Waals surface area contributed by atoms with E-state index in [1.807, 2.05) is 12.1 Å². The summed E-state index contributed by atoms with van der Waals surface area (Å²) in [6, 6.07) is 10.7. The van der Waals surface area contributed by atoms with Crippen molar-refractivity contribution in [1.29, 1.82) is 0 Å². The van der Waals surface area contributed by atoms with Crippen molar-refractivity contribution in [3.8, 4) is 0 Å². The van der Waals surface area contributed by atoms with E-state index in [9.17, 15) is 9.59 Å². The fraction of sp³-hybridized carbons (Fsp3) is 0.286. The molecule has 0 bridgehead atoms. The number of hydrogen-bond acceptors (Lipinski definition) is 5. The number of benzene rings is 1. The Bertz CT molecular complexity index is 1030. The normalized spacial score (nSPS) is 16.5. The smallest absolute Gasteiger partial charge is 0.309 e. The number of rotatable bonds is 5. The predicted molar refractivity (Wildman–Crippen MR) is 100 cm³/mol. The van der Waals surface area contributed by atoms with Gasteiger partial charge in [-0.25, -0.2) is 4.98 Å². The van der Waals surface area contributed by atoms with Gasteiger partial charge >= 0.3 is 5.97 Å². The van der Waals surface area contributed by atoms with Crippen LogP contribution in [0.3, 0.4) is 0 Å². The lowest BCUT2D eigenvalue weighted by Crippen LogP contribution is -2.27. The number of carbonyl (C=O) groups is 1. The highest BCUT2D eigenvalue weighted by Gasteiger charge is 2.21. The standard InChI is InChI=1S/C21H20N2O4/c24-20-17-10-4-5-11-18(17)22-19(23(20)13-16-9-6-12-26-16)14-27-21(25)15-7-2-1-3-8-15/h1-2,4-6,9-12,15H,3,7-8,13-14H2/t15-/m1/s1. The molecule has 0 radical (unpaired) electrons. The number of nitrogens with zero attached hydrogens (tertiary/aromatic N) is 2. The number of esters is 1.